The molecule has 0 atom stereocenters. The molecule has 0 saturated carbocycles. The Morgan fingerprint density at radius 3 is 2.59 bits per heavy atom. The fourth-order valence-electron chi connectivity index (χ4n) is 1.37. The summed E-state index contributed by atoms with van der Waals surface area (Å²) in [5, 5.41) is 9.62. The smallest absolute Gasteiger partial charge is 0.146 e. The second kappa shape index (κ2) is 5.54. The van der Waals surface area contributed by atoms with Crippen molar-refractivity contribution in [3.8, 4) is 11.5 Å². The van der Waals surface area contributed by atoms with Gasteiger partial charge in [0.2, 0.25) is 0 Å². The SMILES string of the molecule is OCc1ccc(Oc2ccccc2Cl)cc1Br. The van der Waals surface area contributed by atoms with Crippen molar-refractivity contribution in [2.75, 3.05) is 0 Å². The third-order valence-corrected chi connectivity index (χ3v) is 3.31. The Kier molecular flexibility index (Phi) is 4.05. The number of hydrogen-bond donors (Lipinski definition) is 1. The molecule has 88 valence electrons. The quantitative estimate of drug-likeness (QED) is 0.911. The van der Waals surface area contributed by atoms with Crippen LogP contribution < -0.4 is 4.74 Å². The van der Waals surface area contributed by atoms with Gasteiger partial charge in [0.25, 0.3) is 0 Å². The summed E-state index contributed by atoms with van der Waals surface area (Å²) in [6, 6.07) is 12.7. The molecule has 0 bridgehead atoms. The van der Waals surface area contributed by atoms with E-state index >= 15 is 0 Å². The lowest BCUT2D eigenvalue weighted by Gasteiger charge is -2.09. The average molecular weight is 314 g/mol. The number of aliphatic hydroxyl groups is 1. The van der Waals surface area contributed by atoms with E-state index in [1.54, 1.807) is 30.3 Å². The van der Waals surface area contributed by atoms with Crippen LogP contribution in [0.15, 0.2) is 46.9 Å². The van der Waals surface area contributed by atoms with Crippen LogP contribution in [0.2, 0.25) is 5.02 Å². The standard InChI is InChI=1S/C13H10BrClO2/c14-11-7-10(6-5-9(11)8-16)17-13-4-2-1-3-12(13)15/h1-7,16H,8H2. The lowest BCUT2D eigenvalue weighted by Crippen LogP contribution is -1.88. The summed E-state index contributed by atoms with van der Waals surface area (Å²) in [5.41, 5.74) is 0.816. The highest BCUT2D eigenvalue weighted by Crippen LogP contribution is 2.31. The Morgan fingerprint density at radius 2 is 1.94 bits per heavy atom. The number of halogens is 2. The van der Waals surface area contributed by atoms with E-state index in [9.17, 15) is 0 Å². The van der Waals surface area contributed by atoms with E-state index in [4.69, 9.17) is 21.4 Å². The molecule has 0 aliphatic rings. The molecule has 17 heavy (non-hydrogen) atoms. The van der Waals surface area contributed by atoms with E-state index in [2.05, 4.69) is 15.9 Å². The molecular weight excluding hydrogens is 303 g/mol. The molecule has 0 aliphatic carbocycles. The van der Waals surface area contributed by atoms with Gasteiger partial charge in [0.05, 0.1) is 11.6 Å². The van der Waals surface area contributed by atoms with E-state index in [1.807, 2.05) is 12.1 Å². The molecule has 2 aromatic rings. The Labute approximate surface area is 113 Å². The molecule has 0 aromatic heterocycles. The summed E-state index contributed by atoms with van der Waals surface area (Å²) in [7, 11) is 0. The van der Waals surface area contributed by atoms with Gasteiger partial charge < -0.3 is 9.84 Å². The molecule has 2 nitrogen and oxygen atoms in total. The third kappa shape index (κ3) is 3.00. The molecule has 0 amide bonds. The predicted molar refractivity (Wildman–Crippen MR) is 71.6 cm³/mol. The second-order valence-electron chi connectivity index (χ2n) is 3.44. The van der Waals surface area contributed by atoms with Crippen molar-refractivity contribution in [2.24, 2.45) is 0 Å². The lowest BCUT2D eigenvalue weighted by molar-refractivity contribution is 0.281. The monoisotopic (exact) mass is 312 g/mol. The second-order valence-corrected chi connectivity index (χ2v) is 4.71. The first-order valence-corrected chi connectivity index (χ1v) is 6.19. The van der Waals surface area contributed by atoms with Gasteiger partial charge in [-0.15, -0.1) is 0 Å². The molecule has 0 aliphatic heterocycles. The molecule has 0 radical (unpaired) electrons. The van der Waals surface area contributed by atoms with Gasteiger partial charge in [0, 0.05) is 4.47 Å². The zero-order valence-electron chi connectivity index (χ0n) is 8.86. The van der Waals surface area contributed by atoms with Crippen LogP contribution in [0.25, 0.3) is 0 Å². The summed E-state index contributed by atoms with van der Waals surface area (Å²) >= 11 is 9.36. The van der Waals surface area contributed by atoms with E-state index < -0.39 is 0 Å². The van der Waals surface area contributed by atoms with Gasteiger partial charge in [-0.3, -0.25) is 0 Å². The molecule has 0 fully saturated rings. The van der Waals surface area contributed by atoms with Crippen LogP contribution in [0, 0.1) is 0 Å². The van der Waals surface area contributed by atoms with E-state index in [0.29, 0.717) is 16.5 Å². The van der Waals surface area contributed by atoms with E-state index in [0.717, 1.165) is 10.0 Å². The van der Waals surface area contributed by atoms with Crippen molar-refractivity contribution in [3.05, 3.63) is 57.5 Å². The fraction of sp³-hybridized carbons (Fsp3) is 0.0769. The zero-order chi connectivity index (χ0) is 12.3. The molecule has 0 unspecified atom stereocenters. The van der Waals surface area contributed by atoms with Crippen LogP contribution in [0.5, 0.6) is 11.5 Å². The fourth-order valence-corrected chi connectivity index (χ4v) is 2.03. The Bertz CT molecular complexity index is 529. The van der Waals surface area contributed by atoms with Crippen molar-refractivity contribution in [1.29, 1.82) is 0 Å². The van der Waals surface area contributed by atoms with Crippen molar-refractivity contribution in [2.45, 2.75) is 6.61 Å². The molecule has 0 spiro atoms. The van der Waals surface area contributed by atoms with E-state index in [-0.39, 0.29) is 6.61 Å². The van der Waals surface area contributed by atoms with Crippen LogP contribution in [-0.4, -0.2) is 5.11 Å². The molecule has 1 N–H and O–H groups in total. The van der Waals surface area contributed by atoms with Gasteiger partial charge in [-0.25, -0.2) is 0 Å². The number of para-hydroxylation sites is 1. The van der Waals surface area contributed by atoms with Crippen LogP contribution in [0.1, 0.15) is 5.56 Å². The molecule has 4 heteroatoms. The topological polar surface area (TPSA) is 29.5 Å². The largest absolute Gasteiger partial charge is 0.456 e. The van der Waals surface area contributed by atoms with Gasteiger partial charge in [0.1, 0.15) is 11.5 Å². The maximum atomic E-state index is 9.05. The molecule has 2 aromatic carbocycles. The van der Waals surface area contributed by atoms with Crippen LogP contribution in [-0.2, 0) is 6.61 Å². The van der Waals surface area contributed by atoms with Crippen LogP contribution >= 0.6 is 27.5 Å². The molecule has 0 heterocycles. The molecular formula is C13H10BrClO2. The van der Waals surface area contributed by atoms with Gasteiger partial charge in [-0.05, 0) is 29.8 Å². The summed E-state index contributed by atoms with van der Waals surface area (Å²) < 4.78 is 6.46. The minimum absolute atomic E-state index is 0.00699. The van der Waals surface area contributed by atoms with Crippen LogP contribution in [0.3, 0.4) is 0 Å². The Balaban J connectivity index is 2.25. The van der Waals surface area contributed by atoms with Gasteiger partial charge in [-0.2, -0.15) is 0 Å². The normalized spacial score (nSPS) is 10.3. The third-order valence-electron chi connectivity index (χ3n) is 2.26. The number of benzene rings is 2. The van der Waals surface area contributed by atoms with Crippen molar-refractivity contribution >= 4 is 27.5 Å². The predicted octanol–water partition coefficient (Wildman–Crippen LogP) is 4.39. The first kappa shape index (κ1) is 12.4. The van der Waals surface area contributed by atoms with Crippen LogP contribution in [0.4, 0.5) is 0 Å². The van der Waals surface area contributed by atoms with Gasteiger partial charge in [0.15, 0.2) is 0 Å². The Hall–Kier alpha value is -1.03. The summed E-state index contributed by atoms with van der Waals surface area (Å²) in [5.74, 6) is 1.28. The van der Waals surface area contributed by atoms with Crippen molar-refractivity contribution in [1.82, 2.24) is 0 Å². The molecule has 2 rings (SSSR count). The summed E-state index contributed by atoms with van der Waals surface area (Å²) in [6.45, 7) is -0.00699. The maximum Gasteiger partial charge on any atom is 0.146 e. The minimum atomic E-state index is -0.00699. The lowest BCUT2D eigenvalue weighted by atomic mass is 10.2. The number of rotatable bonds is 3. The highest BCUT2D eigenvalue weighted by atomic mass is 79.9. The Morgan fingerprint density at radius 1 is 1.18 bits per heavy atom. The first-order chi connectivity index (χ1) is 8.20. The van der Waals surface area contributed by atoms with Crippen molar-refractivity contribution < 1.29 is 9.84 Å². The molecule has 0 saturated heterocycles. The number of aliphatic hydroxyl groups excluding tert-OH is 1. The average Bonchev–Trinajstić information content (AvgIpc) is 2.32. The maximum absolute atomic E-state index is 9.05. The highest BCUT2D eigenvalue weighted by Gasteiger charge is 2.04. The summed E-state index contributed by atoms with van der Waals surface area (Å²) in [4.78, 5) is 0. The van der Waals surface area contributed by atoms with Gasteiger partial charge in [-0.1, -0.05) is 45.7 Å². The number of hydrogen-bond acceptors (Lipinski definition) is 2. The minimum Gasteiger partial charge on any atom is -0.456 e. The highest BCUT2D eigenvalue weighted by molar-refractivity contribution is 9.10. The zero-order valence-corrected chi connectivity index (χ0v) is 11.2. The van der Waals surface area contributed by atoms with E-state index in [1.165, 1.54) is 0 Å². The summed E-state index contributed by atoms with van der Waals surface area (Å²) in [6.07, 6.45) is 0. The first-order valence-electron chi connectivity index (χ1n) is 5.02. The van der Waals surface area contributed by atoms with Gasteiger partial charge >= 0.3 is 0 Å². The van der Waals surface area contributed by atoms with Crippen molar-refractivity contribution in [3.63, 3.8) is 0 Å². The number of ether oxygens (including phenoxy) is 1.